The minimum absolute atomic E-state index is 0.272. The number of carboxylic acid groups (broad SMARTS) is 1. The largest absolute Gasteiger partial charge is 0.481 e. The van der Waals surface area contributed by atoms with E-state index in [1.54, 1.807) is 0 Å². The molecule has 1 atom stereocenters. The van der Waals surface area contributed by atoms with E-state index in [1.165, 1.54) is 0 Å². The Balaban J connectivity index is 2.40. The first-order chi connectivity index (χ1) is 4.70. The molecule has 1 amide bonds. The highest BCUT2D eigenvalue weighted by Crippen LogP contribution is 1.96. The van der Waals surface area contributed by atoms with Crippen LogP contribution in [0.4, 0.5) is 0 Å². The van der Waals surface area contributed by atoms with E-state index < -0.39 is 17.9 Å². The fraction of sp³-hybridized carbons (Fsp3) is 0.500. The fourth-order valence-electron chi connectivity index (χ4n) is 0.585. The Morgan fingerprint density at radius 3 is 2.90 bits per heavy atom. The average Bonchev–Trinajstić information content (AvgIpc) is 2.15. The van der Waals surface area contributed by atoms with E-state index in [0.717, 1.165) is 0 Å². The number of hydroxylamine groups is 2. The second-order valence-electron chi connectivity index (χ2n) is 1.84. The first kappa shape index (κ1) is 6.97. The standard InChI is InChI=1S/C4H6N2O4/c7-3(8)1-2-4(9)6-10-5-2/h2,5H,1H2,(H,6,9)(H,7,8). The highest BCUT2D eigenvalue weighted by molar-refractivity contribution is 5.86. The SMILES string of the molecule is O=C(O)CC1NONC1=O. The average molecular weight is 146 g/mol. The lowest BCUT2D eigenvalue weighted by Crippen LogP contribution is -2.30. The van der Waals surface area contributed by atoms with Crippen LogP contribution in [-0.4, -0.2) is 23.0 Å². The van der Waals surface area contributed by atoms with Crippen LogP contribution in [0.1, 0.15) is 6.42 Å². The van der Waals surface area contributed by atoms with Crippen LogP contribution in [0.2, 0.25) is 0 Å². The van der Waals surface area contributed by atoms with Crippen molar-refractivity contribution < 1.29 is 19.6 Å². The first-order valence-corrected chi connectivity index (χ1v) is 2.63. The van der Waals surface area contributed by atoms with Gasteiger partial charge >= 0.3 is 5.97 Å². The van der Waals surface area contributed by atoms with Crippen LogP contribution in [0.15, 0.2) is 0 Å². The molecule has 1 aliphatic heterocycles. The lowest BCUT2D eigenvalue weighted by molar-refractivity contribution is -0.139. The second-order valence-corrected chi connectivity index (χ2v) is 1.84. The predicted molar refractivity (Wildman–Crippen MR) is 28.4 cm³/mol. The molecule has 10 heavy (non-hydrogen) atoms. The highest BCUT2D eigenvalue weighted by Gasteiger charge is 2.27. The summed E-state index contributed by atoms with van der Waals surface area (Å²) in [7, 11) is 0. The molecule has 0 bridgehead atoms. The van der Waals surface area contributed by atoms with Gasteiger partial charge in [0.25, 0.3) is 5.91 Å². The Bertz CT molecular complexity index is 169. The van der Waals surface area contributed by atoms with Crippen molar-refractivity contribution in [3.63, 3.8) is 0 Å². The van der Waals surface area contributed by atoms with Crippen molar-refractivity contribution >= 4 is 11.9 Å². The van der Waals surface area contributed by atoms with Crippen molar-refractivity contribution in [1.29, 1.82) is 0 Å². The Hall–Kier alpha value is -1.14. The van der Waals surface area contributed by atoms with Crippen LogP contribution in [0.3, 0.4) is 0 Å². The van der Waals surface area contributed by atoms with Gasteiger partial charge in [0.05, 0.1) is 6.42 Å². The van der Waals surface area contributed by atoms with Crippen molar-refractivity contribution in [3.8, 4) is 0 Å². The molecule has 0 aromatic rings. The first-order valence-electron chi connectivity index (χ1n) is 2.63. The summed E-state index contributed by atoms with van der Waals surface area (Å²) in [6.07, 6.45) is -0.272. The summed E-state index contributed by atoms with van der Waals surface area (Å²) in [6, 6.07) is -0.766. The van der Waals surface area contributed by atoms with Gasteiger partial charge in [-0.15, -0.1) is 0 Å². The lowest BCUT2D eigenvalue weighted by atomic mass is 10.2. The Kier molecular flexibility index (Phi) is 1.83. The zero-order valence-electron chi connectivity index (χ0n) is 4.96. The van der Waals surface area contributed by atoms with Gasteiger partial charge in [0.15, 0.2) is 0 Å². The summed E-state index contributed by atoms with van der Waals surface area (Å²) < 4.78 is 0. The molecular formula is C4H6N2O4. The molecule has 0 aromatic heterocycles. The third kappa shape index (κ3) is 1.42. The molecule has 6 nitrogen and oxygen atoms in total. The maximum Gasteiger partial charge on any atom is 0.305 e. The van der Waals surface area contributed by atoms with Crippen LogP contribution in [0.5, 0.6) is 0 Å². The van der Waals surface area contributed by atoms with Crippen molar-refractivity contribution in [2.45, 2.75) is 12.5 Å². The van der Waals surface area contributed by atoms with Crippen LogP contribution >= 0.6 is 0 Å². The topological polar surface area (TPSA) is 87.7 Å². The summed E-state index contributed by atoms with van der Waals surface area (Å²) in [4.78, 5) is 24.8. The van der Waals surface area contributed by atoms with E-state index in [1.807, 2.05) is 5.48 Å². The number of aliphatic carboxylic acids is 1. The van der Waals surface area contributed by atoms with Gasteiger partial charge in [-0.2, -0.15) is 10.4 Å². The number of rotatable bonds is 2. The summed E-state index contributed by atoms with van der Waals surface area (Å²) >= 11 is 0. The Morgan fingerprint density at radius 1 is 1.80 bits per heavy atom. The molecule has 1 fully saturated rings. The third-order valence-electron chi connectivity index (χ3n) is 1.05. The molecule has 0 aromatic carbocycles. The molecular weight excluding hydrogens is 140 g/mol. The molecule has 1 unspecified atom stereocenters. The molecule has 0 radical (unpaired) electrons. The summed E-state index contributed by atoms with van der Waals surface area (Å²) in [6.45, 7) is 0. The van der Waals surface area contributed by atoms with E-state index in [0.29, 0.717) is 0 Å². The zero-order chi connectivity index (χ0) is 7.56. The van der Waals surface area contributed by atoms with E-state index >= 15 is 0 Å². The quantitative estimate of drug-likeness (QED) is 0.436. The normalized spacial score (nSPS) is 24.4. The maximum atomic E-state index is 10.5. The number of carboxylic acids is 1. The van der Waals surface area contributed by atoms with Crippen LogP contribution in [0.25, 0.3) is 0 Å². The third-order valence-corrected chi connectivity index (χ3v) is 1.05. The van der Waals surface area contributed by atoms with E-state index in [9.17, 15) is 9.59 Å². The number of carbonyl (C=O) groups excluding carboxylic acids is 1. The predicted octanol–water partition coefficient (Wildman–Crippen LogP) is -1.60. The smallest absolute Gasteiger partial charge is 0.305 e. The number of nitrogens with one attached hydrogen (secondary N) is 2. The van der Waals surface area contributed by atoms with Gasteiger partial charge in [0, 0.05) is 0 Å². The molecule has 0 aliphatic carbocycles. The van der Waals surface area contributed by atoms with Crippen LogP contribution in [0, 0.1) is 0 Å². The molecule has 1 heterocycles. The maximum absolute atomic E-state index is 10.5. The Labute approximate surface area is 56.1 Å². The van der Waals surface area contributed by atoms with Crippen molar-refractivity contribution in [3.05, 3.63) is 0 Å². The van der Waals surface area contributed by atoms with Gasteiger partial charge in [0.2, 0.25) is 0 Å². The summed E-state index contributed by atoms with van der Waals surface area (Å²) in [5.74, 6) is -1.50. The highest BCUT2D eigenvalue weighted by atomic mass is 16.8. The van der Waals surface area contributed by atoms with Crippen LogP contribution in [-0.2, 0) is 14.5 Å². The molecule has 6 heteroatoms. The molecule has 1 saturated heterocycles. The number of hydrogen-bond acceptors (Lipinski definition) is 4. The number of amides is 1. The number of hydrogen-bond donors (Lipinski definition) is 3. The van der Waals surface area contributed by atoms with Crippen molar-refractivity contribution in [2.24, 2.45) is 0 Å². The molecule has 0 saturated carbocycles. The van der Waals surface area contributed by atoms with Gasteiger partial charge in [-0.3, -0.25) is 9.59 Å². The monoisotopic (exact) mass is 146 g/mol. The lowest BCUT2D eigenvalue weighted by Gasteiger charge is -1.97. The van der Waals surface area contributed by atoms with E-state index in [4.69, 9.17) is 5.11 Å². The van der Waals surface area contributed by atoms with Gasteiger partial charge < -0.3 is 5.11 Å². The van der Waals surface area contributed by atoms with E-state index in [2.05, 4.69) is 10.4 Å². The van der Waals surface area contributed by atoms with Gasteiger partial charge in [-0.05, 0) is 0 Å². The molecule has 0 spiro atoms. The van der Waals surface area contributed by atoms with Crippen LogP contribution < -0.4 is 11.0 Å². The van der Waals surface area contributed by atoms with E-state index in [-0.39, 0.29) is 6.42 Å². The number of carbonyl (C=O) groups is 2. The fourth-order valence-corrected chi connectivity index (χ4v) is 0.585. The molecule has 3 N–H and O–H groups in total. The zero-order valence-corrected chi connectivity index (χ0v) is 4.96. The van der Waals surface area contributed by atoms with Crippen molar-refractivity contribution in [1.82, 2.24) is 11.0 Å². The second kappa shape index (κ2) is 2.63. The Morgan fingerprint density at radius 2 is 2.50 bits per heavy atom. The van der Waals surface area contributed by atoms with Gasteiger partial charge in [-0.25, -0.2) is 5.48 Å². The summed E-state index contributed by atoms with van der Waals surface area (Å²) in [5.41, 5.74) is 4.16. The minimum Gasteiger partial charge on any atom is -0.481 e. The minimum atomic E-state index is -1.04. The van der Waals surface area contributed by atoms with Crippen molar-refractivity contribution in [2.75, 3.05) is 0 Å². The van der Waals surface area contributed by atoms with Gasteiger partial charge in [-0.1, -0.05) is 0 Å². The molecule has 1 rings (SSSR count). The van der Waals surface area contributed by atoms with Gasteiger partial charge in [0.1, 0.15) is 6.04 Å². The molecule has 1 aliphatic rings. The molecule has 56 valence electrons. The summed E-state index contributed by atoms with van der Waals surface area (Å²) in [5, 5.41) is 8.22.